The van der Waals surface area contributed by atoms with Crippen molar-refractivity contribution in [2.24, 2.45) is 0 Å². The van der Waals surface area contributed by atoms with Gasteiger partial charge in [0.2, 0.25) is 15.9 Å². The van der Waals surface area contributed by atoms with Crippen LogP contribution in [0, 0.1) is 0 Å². The molecular weight excluding hydrogens is 492 g/mol. The number of benzene rings is 3. The highest BCUT2D eigenvalue weighted by Gasteiger charge is 2.27. The Hall–Kier alpha value is -3.27. The number of methoxy groups -OCH3 is 2. The fourth-order valence-corrected chi connectivity index (χ4v) is 4.78. The number of sulfonamides is 1. The Balaban J connectivity index is 1.90. The van der Waals surface area contributed by atoms with Crippen LogP contribution in [0.1, 0.15) is 12.5 Å². The van der Waals surface area contributed by atoms with Gasteiger partial charge in [0, 0.05) is 12.1 Å². The van der Waals surface area contributed by atoms with Gasteiger partial charge in [0.05, 0.1) is 36.4 Å². The van der Waals surface area contributed by atoms with Gasteiger partial charge in [-0.05, 0) is 43.2 Å². The highest BCUT2D eigenvalue weighted by Crippen LogP contribution is 2.36. The normalized spacial score (nSPS) is 12.0. The minimum Gasteiger partial charge on any atom is -0.495 e. The monoisotopic (exact) mass is 518 g/mol. The molecule has 3 rings (SSSR count). The number of carbonyl (C=O) groups is 1. The average molecular weight is 519 g/mol. The van der Waals surface area contributed by atoms with E-state index in [2.05, 4.69) is 10.0 Å². The van der Waals surface area contributed by atoms with Crippen LogP contribution < -0.4 is 24.2 Å². The van der Waals surface area contributed by atoms with Gasteiger partial charge in [0.25, 0.3) is 0 Å². The molecule has 3 aromatic rings. The summed E-state index contributed by atoms with van der Waals surface area (Å²) in [5.74, 6) is 0.606. The Morgan fingerprint density at radius 2 is 1.63 bits per heavy atom. The first-order chi connectivity index (χ1) is 16.8. The van der Waals surface area contributed by atoms with Crippen molar-refractivity contribution in [3.63, 3.8) is 0 Å². The van der Waals surface area contributed by atoms with Crippen molar-refractivity contribution in [3.8, 4) is 17.2 Å². The molecule has 186 valence electrons. The molecule has 0 spiro atoms. The topological polar surface area (TPSA) is 103 Å². The zero-order valence-electron chi connectivity index (χ0n) is 19.6. The number of anilines is 1. The SMILES string of the molecule is CCOc1ccc(S(=O)(=O)N[C@@H](Cc2ccccc2)C(=O)Nc2cc(OC)c(Cl)cc2OC)cc1. The molecule has 10 heteroatoms. The number of rotatable bonds is 11. The summed E-state index contributed by atoms with van der Waals surface area (Å²) in [4.78, 5) is 13.3. The number of carbonyl (C=O) groups excluding carboxylic acids is 1. The summed E-state index contributed by atoms with van der Waals surface area (Å²) in [5, 5.41) is 3.04. The molecule has 0 aliphatic carbocycles. The van der Waals surface area contributed by atoms with E-state index in [9.17, 15) is 13.2 Å². The number of hydrogen-bond donors (Lipinski definition) is 2. The lowest BCUT2D eigenvalue weighted by atomic mass is 10.1. The molecule has 35 heavy (non-hydrogen) atoms. The standard InChI is InChI=1S/C25H27ClN2O6S/c1-4-34-18-10-12-19(13-11-18)35(30,31)28-22(14-17-8-6-5-7-9-17)25(29)27-21-16-23(32-2)20(26)15-24(21)33-3/h5-13,15-16,22,28H,4,14H2,1-3H3,(H,27,29)/t22-/m0/s1. The summed E-state index contributed by atoms with van der Waals surface area (Å²) < 4.78 is 44.7. The van der Waals surface area contributed by atoms with Crippen molar-refractivity contribution in [2.45, 2.75) is 24.3 Å². The zero-order chi connectivity index (χ0) is 25.4. The Labute approximate surface area is 210 Å². The number of ether oxygens (including phenoxy) is 3. The molecule has 1 amide bonds. The molecule has 0 radical (unpaired) electrons. The lowest BCUT2D eigenvalue weighted by Crippen LogP contribution is -2.45. The highest BCUT2D eigenvalue weighted by atomic mass is 35.5. The summed E-state index contributed by atoms with van der Waals surface area (Å²) >= 11 is 6.15. The van der Waals surface area contributed by atoms with Gasteiger partial charge in [-0.25, -0.2) is 8.42 Å². The molecule has 0 saturated carbocycles. The molecule has 0 aromatic heterocycles. The van der Waals surface area contributed by atoms with Gasteiger partial charge in [-0.1, -0.05) is 41.9 Å². The van der Waals surface area contributed by atoms with Gasteiger partial charge >= 0.3 is 0 Å². The molecule has 0 aliphatic heterocycles. The van der Waals surface area contributed by atoms with Crippen LogP contribution in [-0.4, -0.2) is 41.2 Å². The Morgan fingerprint density at radius 1 is 0.971 bits per heavy atom. The predicted octanol–water partition coefficient (Wildman–Crippen LogP) is 4.28. The number of amides is 1. The minimum absolute atomic E-state index is 0.0116. The van der Waals surface area contributed by atoms with E-state index >= 15 is 0 Å². The Kier molecular flexibility index (Phi) is 8.97. The molecule has 3 aromatic carbocycles. The molecule has 8 nitrogen and oxygen atoms in total. The summed E-state index contributed by atoms with van der Waals surface area (Å²) in [6, 6.07) is 17.0. The maximum absolute atomic E-state index is 13.3. The van der Waals surface area contributed by atoms with Gasteiger partial charge in [0.1, 0.15) is 23.3 Å². The summed E-state index contributed by atoms with van der Waals surface area (Å²) in [7, 11) is -1.15. The first kappa shape index (κ1) is 26.3. The maximum atomic E-state index is 13.3. The fourth-order valence-electron chi connectivity index (χ4n) is 3.35. The summed E-state index contributed by atoms with van der Waals surface area (Å²) in [6.45, 7) is 2.30. The maximum Gasteiger partial charge on any atom is 0.243 e. The molecule has 0 bridgehead atoms. The molecule has 0 unspecified atom stereocenters. The summed E-state index contributed by atoms with van der Waals surface area (Å²) in [5.41, 5.74) is 1.07. The van der Waals surface area contributed by atoms with Gasteiger partial charge in [-0.3, -0.25) is 4.79 Å². The van der Waals surface area contributed by atoms with E-state index in [1.54, 1.807) is 12.1 Å². The summed E-state index contributed by atoms with van der Waals surface area (Å²) in [6.07, 6.45) is 0.121. The van der Waals surface area contributed by atoms with Crippen LogP contribution >= 0.6 is 11.6 Å². The highest BCUT2D eigenvalue weighted by molar-refractivity contribution is 7.89. The van der Waals surface area contributed by atoms with Crippen molar-refractivity contribution < 1.29 is 27.4 Å². The average Bonchev–Trinajstić information content (AvgIpc) is 2.85. The van der Waals surface area contributed by atoms with E-state index in [0.29, 0.717) is 28.9 Å². The first-order valence-corrected chi connectivity index (χ1v) is 12.6. The zero-order valence-corrected chi connectivity index (χ0v) is 21.2. The lowest BCUT2D eigenvalue weighted by molar-refractivity contribution is -0.117. The van der Waals surface area contributed by atoms with Crippen LogP contribution in [0.15, 0.2) is 71.6 Å². The van der Waals surface area contributed by atoms with Crippen LogP contribution in [0.25, 0.3) is 0 Å². The van der Waals surface area contributed by atoms with Crippen molar-refractivity contribution in [1.29, 1.82) is 0 Å². The second-order valence-electron chi connectivity index (χ2n) is 7.44. The van der Waals surface area contributed by atoms with Gasteiger partial charge in [0.15, 0.2) is 0 Å². The minimum atomic E-state index is -4.03. The molecule has 2 N–H and O–H groups in total. The lowest BCUT2D eigenvalue weighted by Gasteiger charge is -2.20. The van der Waals surface area contributed by atoms with Crippen LogP contribution in [-0.2, 0) is 21.2 Å². The predicted molar refractivity (Wildman–Crippen MR) is 135 cm³/mol. The third-order valence-corrected chi connectivity index (χ3v) is 6.86. The molecule has 0 aliphatic rings. The van der Waals surface area contributed by atoms with E-state index in [1.165, 1.54) is 38.5 Å². The van der Waals surface area contributed by atoms with Crippen molar-refractivity contribution >= 4 is 33.2 Å². The molecular formula is C25H27ClN2O6S. The van der Waals surface area contributed by atoms with Crippen LogP contribution in [0.2, 0.25) is 5.02 Å². The fraction of sp³-hybridized carbons (Fsp3) is 0.240. The quantitative estimate of drug-likeness (QED) is 0.392. The van der Waals surface area contributed by atoms with Crippen molar-refractivity contribution in [2.75, 3.05) is 26.1 Å². The Bertz CT molecular complexity index is 1250. The molecule has 1 atom stereocenters. The van der Waals surface area contributed by atoms with Crippen molar-refractivity contribution in [3.05, 3.63) is 77.3 Å². The van der Waals surface area contributed by atoms with Gasteiger partial charge in [-0.15, -0.1) is 0 Å². The third-order valence-electron chi connectivity index (χ3n) is 5.07. The first-order valence-electron chi connectivity index (χ1n) is 10.8. The van der Waals surface area contributed by atoms with Crippen LogP contribution in [0.3, 0.4) is 0 Å². The number of halogens is 1. The Morgan fingerprint density at radius 3 is 2.23 bits per heavy atom. The smallest absolute Gasteiger partial charge is 0.243 e. The van der Waals surface area contributed by atoms with E-state index < -0.39 is 22.0 Å². The molecule has 0 fully saturated rings. The molecule has 0 saturated heterocycles. The van der Waals surface area contributed by atoms with E-state index in [-0.39, 0.29) is 17.0 Å². The number of nitrogens with one attached hydrogen (secondary N) is 2. The number of hydrogen-bond acceptors (Lipinski definition) is 6. The van der Waals surface area contributed by atoms with Gasteiger partial charge in [-0.2, -0.15) is 4.72 Å². The second-order valence-corrected chi connectivity index (χ2v) is 9.57. The van der Waals surface area contributed by atoms with Crippen LogP contribution in [0.5, 0.6) is 17.2 Å². The van der Waals surface area contributed by atoms with E-state index in [0.717, 1.165) is 5.56 Å². The van der Waals surface area contributed by atoms with E-state index in [1.807, 2.05) is 37.3 Å². The largest absolute Gasteiger partial charge is 0.495 e. The third kappa shape index (κ3) is 6.88. The van der Waals surface area contributed by atoms with Crippen LogP contribution in [0.4, 0.5) is 5.69 Å². The van der Waals surface area contributed by atoms with Gasteiger partial charge < -0.3 is 19.5 Å². The van der Waals surface area contributed by atoms with Crippen molar-refractivity contribution in [1.82, 2.24) is 4.72 Å². The van der Waals surface area contributed by atoms with E-state index in [4.69, 9.17) is 25.8 Å². The second kappa shape index (κ2) is 11.9. The molecule has 0 heterocycles.